The van der Waals surface area contributed by atoms with E-state index in [1.165, 1.54) is 46.0 Å². The monoisotopic (exact) mass is 331 g/mol. The molecule has 3 heteroatoms. The van der Waals surface area contributed by atoms with Crippen LogP contribution in [0.3, 0.4) is 0 Å². The molecule has 4 rings (SSSR count). The van der Waals surface area contributed by atoms with Gasteiger partial charge in [-0.1, -0.05) is 31.2 Å². The summed E-state index contributed by atoms with van der Waals surface area (Å²) in [5.74, 6) is 1.52. The molecule has 1 fully saturated rings. The molecule has 0 spiro atoms. The lowest BCUT2D eigenvalue weighted by molar-refractivity contribution is 0.931. The Morgan fingerprint density at radius 2 is 2.08 bits per heavy atom. The van der Waals surface area contributed by atoms with Gasteiger partial charge >= 0.3 is 0 Å². The van der Waals surface area contributed by atoms with Gasteiger partial charge in [0.25, 0.3) is 0 Å². The summed E-state index contributed by atoms with van der Waals surface area (Å²) in [6.07, 6.45) is 6.50. The lowest BCUT2D eigenvalue weighted by Crippen LogP contribution is -2.10. The SMILES string of the molecule is C=C(Nc1cc2ccc(C3=C(C)CCN=C3CC)cc2cn1)C1CC1. The molecule has 25 heavy (non-hydrogen) atoms. The maximum Gasteiger partial charge on any atom is 0.130 e. The van der Waals surface area contributed by atoms with E-state index in [0.717, 1.165) is 30.9 Å². The number of dihydropyridines is 1. The number of aromatic nitrogens is 1. The third-order valence-corrected chi connectivity index (χ3v) is 5.21. The van der Waals surface area contributed by atoms with Gasteiger partial charge in [-0.15, -0.1) is 0 Å². The van der Waals surface area contributed by atoms with Crippen molar-refractivity contribution in [1.29, 1.82) is 0 Å². The van der Waals surface area contributed by atoms with Gasteiger partial charge < -0.3 is 5.32 Å². The number of nitrogens with zero attached hydrogens (tertiary/aromatic N) is 2. The van der Waals surface area contributed by atoms with Gasteiger partial charge in [-0.3, -0.25) is 4.99 Å². The number of hydrogen-bond acceptors (Lipinski definition) is 3. The lowest BCUT2D eigenvalue weighted by atomic mass is 9.90. The first-order chi connectivity index (χ1) is 12.2. The fourth-order valence-corrected chi connectivity index (χ4v) is 3.57. The number of anilines is 1. The summed E-state index contributed by atoms with van der Waals surface area (Å²) in [5, 5.41) is 5.73. The average Bonchev–Trinajstić information content (AvgIpc) is 3.46. The van der Waals surface area contributed by atoms with E-state index in [1.807, 2.05) is 6.20 Å². The summed E-state index contributed by atoms with van der Waals surface area (Å²) in [6, 6.07) is 8.78. The van der Waals surface area contributed by atoms with E-state index < -0.39 is 0 Å². The Bertz CT molecular complexity index is 901. The molecule has 0 unspecified atom stereocenters. The summed E-state index contributed by atoms with van der Waals surface area (Å²) in [5.41, 5.74) is 6.36. The highest BCUT2D eigenvalue weighted by atomic mass is 15.0. The Morgan fingerprint density at radius 1 is 1.24 bits per heavy atom. The first-order valence-electron chi connectivity index (χ1n) is 9.25. The number of aliphatic imine (C=N–C) groups is 1. The molecule has 1 aromatic heterocycles. The Balaban J connectivity index is 1.66. The molecule has 128 valence electrons. The van der Waals surface area contributed by atoms with Gasteiger partial charge in [-0.25, -0.2) is 4.98 Å². The lowest BCUT2D eigenvalue weighted by Gasteiger charge is -2.19. The maximum absolute atomic E-state index is 4.73. The van der Waals surface area contributed by atoms with Crippen molar-refractivity contribution in [1.82, 2.24) is 4.98 Å². The molecule has 1 aliphatic carbocycles. The molecule has 1 aliphatic heterocycles. The first kappa shape index (κ1) is 16.1. The summed E-state index contributed by atoms with van der Waals surface area (Å²) in [4.78, 5) is 9.31. The van der Waals surface area contributed by atoms with Crippen LogP contribution in [0.1, 0.15) is 45.1 Å². The van der Waals surface area contributed by atoms with Crippen molar-refractivity contribution >= 4 is 27.9 Å². The van der Waals surface area contributed by atoms with Crippen LogP contribution in [0, 0.1) is 5.92 Å². The largest absolute Gasteiger partial charge is 0.344 e. The highest BCUT2D eigenvalue weighted by molar-refractivity contribution is 6.25. The zero-order valence-electron chi connectivity index (χ0n) is 15.1. The highest BCUT2D eigenvalue weighted by Gasteiger charge is 2.24. The third-order valence-electron chi connectivity index (χ3n) is 5.21. The van der Waals surface area contributed by atoms with Gasteiger partial charge in [0.2, 0.25) is 0 Å². The number of nitrogens with one attached hydrogen (secondary N) is 1. The Hall–Kier alpha value is -2.42. The number of hydrogen-bond donors (Lipinski definition) is 1. The van der Waals surface area contributed by atoms with Crippen molar-refractivity contribution in [2.75, 3.05) is 11.9 Å². The van der Waals surface area contributed by atoms with E-state index in [9.17, 15) is 0 Å². The van der Waals surface area contributed by atoms with Crippen molar-refractivity contribution in [3.05, 3.63) is 53.9 Å². The van der Waals surface area contributed by atoms with Crippen molar-refractivity contribution in [2.45, 2.75) is 39.5 Å². The zero-order valence-corrected chi connectivity index (χ0v) is 15.1. The quantitative estimate of drug-likeness (QED) is 0.774. The molecule has 0 bridgehead atoms. The van der Waals surface area contributed by atoms with E-state index >= 15 is 0 Å². The molecule has 1 N–H and O–H groups in total. The molecule has 2 aromatic rings. The molecule has 2 aliphatic rings. The zero-order chi connectivity index (χ0) is 17.4. The minimum atomic E-state index is 0.632. The van der Waals surface area contributed by atoms with Crippen LogP contribution in [-0.2, 0) is 0 Å². The van der Waals surface area contributed by atoms with E-state index in [2.05, 4.69) is 55.0 Å². The van der Waals surface area contributed by atoms with Crippen molar-refractivity contribution < 1.29 is 0 Å². The number of rotatable bonds is 5. The Kier molecular flexibility index (Phi) is 4.16. The van der Waals surface area contributed by atoms with Gasteiger partial charge in [-0.05, 0) is 61.6 Å². The topological polar surface area (TPSA) is 37.3 Å². The van der Waals surface area contributed by atoms with Crippen LogP contribution in [0.15, 0.2) is 53.3 Å². The molecule has 0 radical (unpaired) electrons. The van der Waals surface area contributed by atoms with E-state index in [0.29, 0.717) is 5.92 Å². The van der Waals surface area contributed by atoms with Gasteiger partial charge in [0.1, 0.15) is 5.82 Å². The van der Waals surface area contributed by atoms with Crippen LogP contribution in [0.2, 0.25) is 0 Å². The summed E-state index contributed by atoms with van der Waals surface area (Å²) >= 11 is 0. The predicted molar refractivity (Wildman–Crippen MR) is 107 cm³/mol. The third kappa shape index (κ3) is 3.23. The molecule has 0 atom stereocenters. The molecule has 1 saturated carbocycles. The molecule has 3 nitrogen and oxygen atoms in total. The summed E-state index contributed by atoms with van der Waals surface area (Å²) < 4.78 is 0. The van der Waals surface area contributed by atoms with Gasteiger partial charge in [-0.2, -0.15) is 0 Å². The van der Waals surface area contributed by atoms with Crippen LogP contribution >= 0.6 is 0 Å². The molecule has 0 saturated heterocycles. The molecular formula is C22H25N3. The van der Waals surface area contributed by atoms with E-state index in [-0.39, 0.29) is 0 Å². The average molecular weight is 331 g/mol. The van der Waals surface area contributed by atoms with Crippen molar-refractivity contribution in [3.8, 4) is 0 Å². The number of fused-ring (bicyclic) bond motifs is 1. The Labute approximate surface area is 149 Å². The number of pyridine rings is 1. The Morgan fingerprint density at radius 3 is 2.84 bits per heavy atom. The van der Waals surface area contributed by atoms with Crippen molar-refractivity contribution in [3.63, 3.8) is 0 Å². The van der Waals surface area contributed by atoms with Crippen LogP contribution in [0.25, 0.3) is 16.3 Å². The minimum Gasteiger partial charge on any atom is -0.344 e. The predicted octanol–water partition coefficient (Wildman–Crippen LogP) is 5.60. The van der Waals surface area contributed by atoms with Crippen LogP contribution in [0.4, 0.5) is 5.82 Å². The molecule has 2 heterocycles. The summed E-state index contributed by atoms with van der Waals surface area (Å²) in [6.45, 7) is 9.47. The van der Waals surface area contributed by atoms with Crippen LogP contribution in [-0.4, -0.2) is 17.2 Å². The van der Waals surface area contributed by atoms with Crippen molar-refractivity contribution in [2.24, 2.45) is 10.9 Å². The molecular weight excluding hydrogens is 306 g/mol. The molecule has 0 amide bonds. The number of benzene rings is 1. The fraction of sp³-hybridized carbons (Fsp3) is 0.364. The maximum atomic E-state index is 4.73. The number of allylic oxidation sites excluding steroid dienone is 2. The standard InChI is InChI=1S/C22H25N3/c1-4-20-22(14(2)9-10-23-20)18-8-7-17-12-21(24-13-19(17)11-18)25-15(3)16-5-6-16/h7-8,11-13,16H,3-6,9-10H2,1-2H3,(H,24,25). The fourth-order valence-electron chi connectivity index (χ4n) is 3.57. The normalized spacial score (nSPS) is 17.6. The van der Waals surface area contributed by atoms with Crippen LogP contribution < -0.4 is 5.32 Å². The van der Waals surface area contributed by atoms with Gasteiger partial charge in [0.05, 0.1) is 0 Å². The minimum absolute atomic E-state index is 0.632. The van der Waals surface area contributed by atoms with E-state index in [1.54, 1.807) is 0 Å². The smallest absolute Gasteiger partial charge is 0.130 e. The second-order valence-corrected chi connectivity index (χ2v) is 7.14. The second kappa shape index (κ2) is 6.47. The highest BCUT2D eigenvalue weighted by Crippen LogP contribution is 2.36. The van der Waals surface area contributed by atoms with Gasteiger partial charge in [0.15, 0.2) is 0 Å². The van der Waals surface area contributed by atoms with Crippen LogP contribution in [0.5, 0.6) is 0 Å². The van der Waals surface area contributed by atoms with Gasteiger partial charge in [0, 0.05) is 35.1 Å². The summed E-state index contributed by atoms with van der Waals surface area (Å²) in [7, 11) is 0. The van der Waals surface area contributed by atoms with E-state index in [4.69, 9.17) is 4.99 Å². The molecule has 1 aromatic carbocycles. The second-order valence-electron chi connectivity index (χ2n) is 7.14. The first-order valence-corrected chi connectivity index (χ1v) is 9.25.